The summed E-state index contributed by atoms with van der Waals surface area (Å²) in [6.07, 6.45) is 5.36. The Morgan fingerprint density at radius 2 is 1.92 bits per heavy atom. The van der Waals surface area contributed by atoms with Crippen molar-refractivity contribution < 1.29 is 4.79 Å². The second kappa shape index (κ2) is 6.31. The summed E-state index contributed by atoms with van der Waals surface area (Å²) in [7, 11) is 0. The lowest BCUT2D eigenvalue weighted by molar-refractivity contribution is 0.0986. The Labute approximate surface area is 145 Å². The van der Waals surface area contributed by atoms with E-state index in [0.29, 0.717) is 12.1 Å². The van der Waals surface area contributed by atoms with Crippen molar-refractivity contribution in [2.24, 2.45) is 0 Å². The van der Waals surface area contributed by atoms with Crippen molar-refractivity contribution in [1.82, 2.24) is 9.38 Å². The van der Waals surface area contributed by atoms with Crippen LogP contribution in [0.25, 0.3) is 16.6 Å². The number of aromatic nitrogens is 2. The smallest absolute Gasteiger partial charge is 0.269 e. The zero-order chi connectivity index (χ0) is 17.4. The van der Waals surface area contributed by atoms with Crippen LogP contribution >= 0.6 is 0 Å². The van der Waals surface area contributed by atoms with Crippen molar-refractivity contribution in [3.8, 4) is 0 Å². The second-order valence-corrected chi connectivity index (χ2v) is 6.54. The van der Waals surface area contributed by atoms with Crippen LogP contribution in [-0.2, 0) is 0 Å². The zero-order valence-corrected chi connectivity index (χ0v) is 14.4. The first-order valence-electron chi connectivity index (χ1n) is 8.92. The van der Waals surface area contributed by atoms with Crippen LogP contribution in [0.1, 0.15) is 43.0 Å². The van der Waals surface area contributed by atoms with Crippen LogP contribution in [0.4, 0.5) is 5.69 Å². The first-order chi connectivity index (χ1) is 12.2. The van der Waals surface area contributed by atoms with Crippen LogP contribution in [0.3, 0.4) is 0 Å². The monoisotopic (exact) mass is 335 g/mol. The van der Waals surface area contributed by atoms with Gasteiger partial charge in [0.2, 0.25) is 0 Å². The van der Waals surface area contributed by atoms with Gasteiger partial charge in [0.25, 0.3) is 5.56 Å². The first kappa shape index (κ1) is 15.8. The van der Waals surface area contributed by atoms with Gasteiger partial charge in [-0.15, -0.1) is 0 Å². The molecule has 1 saturated heterocycles. The van der Waals surface area contributed by atoms with E-state index in [0.717, 1.165) is 29.7 Å². The number of piperidine rings is 1. The quantitative estimate of drug-likeness (QED) is 0.543. The molecule has 0 bridgehead atoms. The molecule has 1 fully saturated rings. The maximum atomic E-state index is 12.9. The molecule has 0 N–H and O–H groups in total. The van der Waals surface area contributed by atoms with Crippen LogP contribution in [0, 0.1) is 0 Å². The summed E-state index contributed by atoms with van der Waals surface area (Å²) in [4.78, 5) is 31.8. The van der Waals surface area contributed by atoms with Crippen LogP contribution in [0.2, 0.25) is 0 Å². The fourth-order valence-electron chi connectivity index (χ4n) is 3.67. The Balaban J connectivity index is 2.04. The van der Waals surface area contributed by atoms with Gasteiger partial charge >= 0.3 is 0 Å². The molecular weight excluding hydrogens is 314 g/mol. The molecule has 0 aliphatic carbocycles. The molecule has 1 aliphatic heterocycles. The van der Waals surface area contributed by atoms with Crippen molar-refractivity contribution >= 4 is 28.0 Å². The van der Waals surface area contributed by atoms with Crippen LogP contribution < -0.4 is 10.5 Å². The molecule has 0 saturated carbocycles. The molecule has 5 nitrogen and oxygen atoms in total. The zero-order valence-electron chi connectivity index (χ0n) is 14.4. The fourth-order valence-corrected chi connectivity index (χ4v) is 3.67. The summed E-state index contributed by atoms with van der Waals surface area (Å²) < 4.78 is 1.58. The van der Waals surface area contributed by atoms with Crippen LogP contribution in [0.5, 0.6) is 0 Å². The lowest BCUT2D eigenvalue weighted by Gasteiger charge is -2.30. The van der Waals surface area contributed by atoms with Gasteiger partial charge in [-0.25, -0.2) is 4.98 Å². The molecule has 4 rings (SSSR count). The van der Waals surface area contributed by atoms with E-state index < -0.39 is 0 Å². The van der Waals surface area contributed by atoms with E-state index in [9.17, 15) is 9.59 Å². The lowest BCUT2D eigenvalue weighted by atomic mass is 10.1. The fraction of sp³-hybridized carbons (Fsp3) is 0.350. The Kier molecular flexibility index (Phi) is 3.99. The number of pyridine rings is 1. The van der Waals surface area contributed by atoms with Crippen molar-refractivity contribution in [2.45, 2.75) is 32.6 Å². The Morgan fingerprint density at radius 3 is 2.68 bits per heavy atom. The van der Waals surface area contributed by atoms with Gasteiger partial charge in [0, 0.05) is 42.8 Å². The summed E-state index contributed by atoms with van der Waals surface area (Å²) in [6, 6.07) is 9.86. The molecule has 25 heavy (non-hydrogen) atoms. The predicted molar refractivity (Wildman–Crippen MR) is 99.7 cm³/mol. The highest BCUT2D eigenvalue weighted by Crippen LogP contribution is 2.30. The van der Waals surface area contributed by atoms with E-state index in [4.69, 9.17) is 0 Å². The average molecular weight is 335 g/mol. The van der Waals surface area contributed by atoms with Gasteiger partial charge in [-0.3, -0.25) is 14.0 Å². The number of hydrogen-bond acceptors (Lipinski definition) is 4. The van der Waals surface area contributed by atoms with Crippen molar-refractivity contribution in [3.05, 3.63) is 52.4 Å². The molecule has 0 atom stereocenters. The predicted octanol–water partition coefficient (Wildman–Crippen LogP) is 3.43. The minimum absolute atomic E-state index is 0.163. The molecule has 1 aliphatic rings. The number of nitrogens with zero attached hydrogens (tertiary/aromatic N) is 3. The van der Waals surface area contributed by atoms with Gasteiger partial charge in [0.15, 0.2) is 5.78 Å². The molecule has 3 aromatic rings. The minimum Gasteiger partial charge on any atom is -0.371 e. The molecule has 0 unspecified atom stereocenters. The summed E-state index contributed by atoms with van der Waals surface area (Å²) in [5.74, 6) is -0.170. The third kappa shape index (κ3) is 2.60. The summed E-state index contributed by atoms with van der Waals surface area (Å²) in [6.45, 7) is 3.81. The van der Waals surface area contributed by atoms with Gasteiger partial charge in [0.05, 0.1) is 5.52 Å². The molecule has 128 valence electrons. The van der Waals surface area contributed by atoms with Crippen LogP contribution in [0.15, 0.2) is 41.3 Å². The molecule has 3 heterocycles. The lowest BCUT2D eigenvalue weighted by Crippen LogP contribution is -2.30. The topological polar surface area (TPSA) is 54.7 Å². The number of carbonyl (C=O) groups is 1. The number of ketones is 1. The largest absolute Gasteiger partial charge is 0.371 e. The van der Waals surface area contributed by atoms with E-state index in [1.165, 1.54) is 25.5 Å². The Bertz CT molecular complexity index is 1020. The summed E-state index contributed by atoms with van der Waals surface area (Å²) >= 11 is 0. The first-order valence-corrected chi connectivity index (χ1v) is 8.92. The summed E-state index contributed by atoms with van der Waals surface area (Å²) in [5.41, 5.74) is 2.41. The van der Waals surface area contributed by atoms with E-state index in [-0.39, 0.29) is 16.9 Å². The number of benzene rings is 1. The second-order valence-electron chi connectivity index (χ2n) is 6.54. The maximum absolute atomic E-state index is 12.9. The number of rotatable bonds is 3. The van der Waals surface area contributed by atoms with Crippen molar-refractivity contribution in [3.63, 3.8) is 0 Å². The van der Waals surface area contributed by atoms with E-state index in [1.54, 1.807) is 11.3 Å². The number of para-hydroxylation sites is 1. The molecule has 0 spiro atoms. The Morgan fingerprint density at radius 1 is 1.16 bits per heavy atom. The molecule has 0 radical (unpaired) electrons. The van der Waals surface area contributed by atoms with Gasteiger partial charge in [0.1, 0.15) is 11.2 Å². The highest BCUT2D eigenvalue weighted by atomic mass is 16.1. The molecule has 1 aromatic carbocycles. The van der Waals surface area contributed by atoms with Gasteiger partial charge in [-0.1, -0.05) is 25.1 Å². The van der Waals surface area contributed by atoms with Crippen molar-refractivity contribution in [1.29, 1.82) is 0 Å². The summed E-state index contributed by atoms with van der Waals surface area (Å²) in [5, 5.41) is 1.03. The average Bonchev–Trinajstić information content (AvgIpc) is 2.67. The number of fused-ring (bicyclic) bond motifs is 3. The van der Waals surface area contributed by atoms with E-state index in [2.05, 4.69) is 9.88 Å². The number of carbonyl (C=O) groups excluding carboxylic acids is 1. The number of hydrogen-bond donors (Lipinski definition) is 0. The molecule has 2 aromatic heterocycles. The van der Waals surface area contributed by atoms with Gasteiger partial charge in [-0.05, 0) is 25.3 Å². The molecular formula is C20H21N3O2. The van der Waals surface area contributed by atoms with Gasteiger partial charge in [-0.2, -0.15) is 0 Å². The normalized spacial score (nSPS) is 15.0. The molecule has 0 amide bonds. The third-order valence-corrected chi connectivity index (χ3v) is 4.99. The Hall–Kier alpha value is -2.69. The standard InChI is InChI=1S/C20H21N3O2/c1-2-18(24)15-13-21-19-12-17(22-10-6-3-7-11-22)14-8-4-5-9-16(14)23(19)20(15)25/h4-5,8-9,12-13H,2-3,6-7,10-11H2,1H3. The van der Waals surface area contributed by atoms with Crippen LogP contribution in [-0.4, -0.2) is 28.3 Å². The van der Waals surface area contributed by atoms with Gasteiger partial charge < -0.3 is 4.90 Å². The molecule has 5 heteroatoms. The number of anilines is 1. The SMILES string of the molecule is CCC(=O)c1cnc2cc(N3CCCCC3)c3ccccc3n2c1=O. The highest BCUT2D eigenvalue weighted by molar-refractivity contribution is 5.97. The van der Waals surface area contributed by atoms with E-state index in [1.807, 2.05) is 30.3 Å². The third-order valence-electron chi connectivity index (χ3n) is 4.99. The maximum Gasteiger partial charge on any atom is 0.269 e. The van der Waals surface area contributed by atoms with Crippen molar-refractivity contribution in [2.75, 3.05) is 18.0 Å². The number of Topliss-reactive ketones (excluding diaryl/α,β-unsaturated/α-hetero) is 1. The minimum atomic E-state index is -0.279. The van der Waals surface area contributed by atoms with E-state index >= 15 is 0 Å². The highest BCUT2D eigenvalue weighted by Gasteiger charge is 2.18.